The lowest BCUT2D eigenvalue weighted by molar-refractivity contribution is 0.297. The molecule has 0 amide bonds. The summed E-state index contributed by atoms with van der Waals surface area (Å²) >= 11 is 1.85. The fourth-order valence-corrected chi connectivity index (χ4v) is 5.34. The maximum absolute atomic E-state index is 6.24. The van der Waals surface area contributed by atoms with Gasteiger partial charge in [0.15, 0.2) is 8.32 Å². The van der Waals surface area contributed by atoms with Gasteiger partial charge in [0.1, 0.15) is 0 Å². The molecule has 1 aromatic carbocycles. The van der Waals surface area contributed by atoms with Crippen LogP contribution in [0.3, 0.4) is 0 Å². The van der Waals surface area contributed by atoms with Gasteiger partial charge in [-0.1, -0.05) is 50.1 Å². The second-order valence-electron chi connectivity index (χ2n) is 6.56. The summed E-state index contributed by atoms with van der Waals surface area (Å²) in [6, 6.07) is 14.3. The molecule has 2 rings (SSSR count). The molecular formula is C19H28OSSi. The van der Waals surface area contributed by atoms with Crippen LogP contribution in [0, 0.1) is 0 Å². The molecule has 0 aliphatic heterocycles. The second-order valence-corrected chi connectivity index (χ2v) is 11.9. The van der Waals surface area contributed by atoms with Crippen LogP contribution < -0.4 is 0 Å². The van der Waals surface area contributed by atoms with E-state index in [2.05, 4.69) is 61.8 Å². The van der Waals surface area contributed by atoms with Gasteiger partial charge in [0.2, 0.25) is 0 Å². The molecule has 0 spiro atoms. The van der Waals surface area contributed by atoms with Crippen molar-refractivity contribution in [2.24, 2.45) is 0 Å². The van der Waals surface area contributed by atoms with Crippen molar-refractivity contribution in [1.82, 2.24) is 0 Å². The Kier molecular flexibility index (Phi) is 6.87. The van der Waals surface area contributed by atoms with Gasteiger partial charge in [0, 0.05) is 4.88 Å². The van der Waals surface area contributed by atoms with E-state index < -0.39 is 8.32 Å². The van der Waals surface area contributed by atoms with Crippen molar-refractivity contribution in [2.75, 3.05) is 0 Å². The van der Waals surface area contributed by atoms with E-state index in [0.717, 1.165) is 19.4 Å². The topological polar surface area (TPSA) is 9.23 Å². The highest BCUT2D eigenvalue weighted by Crippen LogP contribution is 2.22. The molecule has 0 bridgehead atoms. The zero-order valence-electron chi connectivity index (χ0n) is 14.1. The maximum atomic E-state index is 6.24. The van der Waals surface area contributed by atoms with Gasteiger partial charge in [0.05, 0.1) is 6.61 Å². The number of rotatable bonds is 9. The normalized spacial score (nSPS) is 11.8. The van der Waals surface area contributed by atoms with Crippen LogP contribution in [0.1, 0.15) is 35.8 Å². The molecule has 0 saturated heterocycles. The first-order chi connectivity index (χ1) is 10.6. The Morgan fingerprint density at radius 2 is 1.77 bits per heavy atom. The average Bonchev–Trinajstić information content (AvgIpc) is 2.98. The highest BCUT2D eigenvalue weighted by atomic mass is 32.1. The van der Waals surface area contributed by atoms with Crippen molar-refractivity contribution >= 4 is 19.7 Å². The third-order valence-electron chi connectivity index (χ3n) is 3.99. The first-order valence-electron chi connectivity index (χ1n) is 8.33. The maximum Gasteiger partial charge on any atom is 0.187 e. The summed E-state index contributed by atoms with van der Waals surface area (Å²) in [5, 5.41) is 2.29. The summed E-state index contributed by atoms with van der Waals surface area (Å²) in [5.74, 6) is 0. The van der Waals surface area contributed by atoms with Gasteiger partial charge in [0.25, 0.3) is 0 Å². The molecule has 120 valence electrons. The SMILES string of the molecule is CCCC[Si](C)(C)OCc1cc(CCc2ccccc2)cs1. The number of thiophene rings is 1. The summed E-state index contributed by atoms with van der Waals surface area (Å²) in [5.41, 5.74) is 2.86. The summed E-state index contributed by atoms with van der Waals surface area (Å²) < 4.78 is 6.24. The minimum absolute atomic E-state index is 0.805. The minimum Gasteiger partial charge on any atom is -0.412 e. The lowest BCUT2D eigenvalue weighted by Crippen LogP contribution is -2.29. The number of hydrogen-bond donors (Lipinski definition) is 0. The van der Waals surface area contributed by atoms with Crippen LogP contribution in [0.5, 0.6) is 0 Å². The van der Waals surface area contributed by atoms with Gasteiger partial charge in [-0.15, -0.1) is 11.3 Å². The van der Waals surface area contributed by atoms with E-state index in [1.54, 1.807) is 0 Å². The molecule has 2 aromatic rings. The lowest BCUT2D eigenvalue weighted by atomic mass is 10.1. The fraction of sp³-hybridized carbons (Fsp3) is 0.474. The van der Waals surface area contributed by atoms with E-state index in [4.69, 9.17) is 4.43 Å². The van der Waals surface area contributed by atoms with Crippen LogP contribution >= 0.6 is 11.3 Å². The molecule has 0 aliphatic rings. The molecule has 22 heavy (non-hydrogen) atoms. The van der Waals surface area contributed by atoms with E-state index >= 15 is 0 Å². The summed E-state index contributed by atoms with van der Waals surface area (Å²) in [6.45, 7) is 7.74. The van der Waals surface area contributed by atoms with Crippen molar-refractivity contribution < 1.29 is 4.43 Å². The number of hydrogen-bond acceptors (Lipinski definition) is 2. The van der Waals surface area contributed by atoms with E-state index in [-0.39, 0.29) is 0 Å². The predicted octanol–water partition coefficient (Wildman–Crippen LogP) is 6.06. The molecule has 1 aromatic heterocycles. The Morgan fingerprint density at radius 1 is 1.05 bits per heavy atom. The summed E-state index contributed by atoms with van der Waals surface area (Å²) in [7, 11) is -1.46. The van der Waals surface area contributed by atoms with Gasteiger partial charge in [-0.2, -0.15) is 0 Å². The Balaban J connectivity index is 1.79. The molecule has 0 N–H and O–H groups in total. The highest BCUT2D eigenvalue weighted by molar-refractivity contribution is 7.10. The van der Waals surface area contributed by atoms with Crippen LogP contribution in [-0.4, -0.2) is 8.32 Å². The number of aryl methyl sites for hydroxylation is 2. The van der Waals surface area contributed by atoms with Gasteiger partial charge in [-0.3, -0.25) is 0 Å². The van der Waals surface area contributed by atoms with E-state index in [9.17, 15) is 0 Å². The van der Waals surface area contributed by atoms with Crippen LogP contribution in [0.4, 0.5) is 0 Å². The van der Waals surface area contributed by atoms with E-state index in [1.807, 2.05) is 11.3 Å². The first kappa shape index (κ1) is 17.5. The molecule has 0 fully saturated rings. The largest absolute Gasteiger partial charge is 0.412 e. The average molecular weight is 333 g/mol. The Morgan fingerprint density at radius 3 is 2.50 bits per heavy atom. The van der Waals surface area contributed by atoms with Crippen molar-refractivity contribution in [3.63, 3.8) is 0 Å². The third-order valence-corrected chi connectivity index (χ3v) is 7.43. The monoisotopic (exact) mass is 332 g/mol. The van der Waals surface area contributed by atoms with Gasteiger partial charge < -0.3 is 4.43 Å². The molecule has 0 atom stereocenters. The molecule has 0 saturated carbocycles. The Labute approximate surface area is 140 Å². The van der Waals surface area contributed by atoms with Crippen molar-refractivity contribution in [2.45, 2.75) is 58.4 Å². The van der Waals surface area contributed by atoms with Gasteiger partial charge in [-0.05, 0) is 54.6 Å². The Bertz CT molecular complexity index is 548. The van der Waals surface area contributed by atoms with Crippen LogP contribution in [-0.2, 0) is 23.9 Å². The molecular weight excluding hydrogens is 304 g/mol. The van der Waals surface area contributed by atoms with Crippen LogP contribution in [0.15, 0.2) is 41.8 Å². The molecule has 0 unspecified atom stereocenters. The molecule has 0 radical (unpaired) electrons. The highest BCUT2D eigenvalue weighted by Gasteiger charge is 2.21. The van der Waals surface area contributed by atoms with E-state index in [0.29, 0.717) is 0 Å². The quantitative estimate of drug-likeness (QED) is 0.507. The number of benzene rings is 1. The van der Waals surface area contributed by atoms with Crippen LogP contribution in [0.25, 0.3) is 0 Å². The minimum atomic E-state index is -1.46. The molecule has 1 heterocycles. The second kappa shape index (κ2) is 8.66. The van der Waals surface area contributed by atoms with Crippen molar-refractivity contribution in [3.05, 3.63) is 57.8 Å². The standard InChI is InChI=1S/C19H28OSSi/c1-4-5-13-22(2,3)20-15-19-14-18(16-21-19)12-11-17-9-7-6-8-10-17/h6-10,14,16H,4-5,11-13,15H2,1-3H3. The number of unbranched alkanes of at least 4 members (excludes halogenated alkanes) is 1. The molecule has 0 aliphatic carbocycles. The Hall–Kier alpha value is -0.903. The zero-order valence-corrected chi connectivity index (χ0v) is 15.9. The molecule has 1 nitrogen and oxygen atoms in total. The summed E-state index contributed by atoms with van der Waals surface area (Å²) in [4.78, 5) is 1.38. The summed E-state index contributed by atoms with van der Waals surface area (Å²) in [6.07, 6.45) is 4.81. The zero-order chi connectivity index (χ0) is 15.8. The third kappa shape index (κ3) is 6.07. The van der Waals surface area contributed by atoms with Crippen molar-refractivity contribution in [3.8, 4) is 0 Å². The van der Waals surface area contributed by atoms with Crippen molar-refractivity contribution in [1.29, 1.82) is 0 Å². The first-order valence-corrected chi connectivity index (χ1v) is 12.3. The smallest absolute Gasteiger partial charge is 0.187 e. The van der Waals surface area contributed by atoms with E-state index in [1.165, 1.54) is 34.9 Å². The predicted molar refractivity (Wildman–Crippen MR) is 100 cm³/mol. The molecule has 3 heteroatoms. The van der Waals surface area contributed by atoms with Crippen LogP contribution in [0.2, 0.25) is 19.1 Å². The fourth-order valence-electron chi connectivity index (χ4n) is 2.51. The lowest BCUT2D eigenvalue weighted by Gasteiger charge is -2.22. The van der Waals surface area contributed by atoms with Gasteiger partial charge in [-0.25, -0.2) is 0 Å². The van der Waals surface area contributed by atoms with Gasteiger partial charge >= 0.3 is 0 Å².